The van der Waals surface area contributed by atoms with E-state index in [0.29, 0.717) is 43.5 Å². The number of carbonyl (C=O) groups excluding carboxylic acids is 1. The van der Waals surface area contributed by atoms with Crippen LogP contribution in [0.2, 0.25) is 0 Å². The smallest absolute Gasteiger partial charge is 0.276 e. The summed E-state index contributed by atoms with van der Waals surface area (Å²) < 4.78 is 14.0. The average Bonchev–Trinajstić information content (AvgIpc) is 2.79. The maximum Gasteiger partial charge on any atom is 0.276 e. The van der Waals surface area contributed by atoms with Gasteiger partial charge in [-0.15, -0.1) is 0 Å². The number of anilines is 3. The summed E-state index contributed by atoms with van der Waals surface area (Å²) in [6, 6.07) is 17.9. The van der Waals surface area contributed by atoms with E-state index in [9.17, 15) is 9.18 Å². The van der Waals surface area contributed by atoms with Crippen molar-refractivity contribution in [1.29, 1.82) is 0 Å². The van der Waals surface area contributed by atoms with Crippen LogP contribution in [0.3, 0.4) is 0 Å². The number of halogens is 1. The molecular weight excluding hydrogens is 369 g/mol. The zero-order valence-electron chi connectivity index (χ0n) is 16.2. The van der Waals surface area contributed by atoms with Crippen LogP contribution in [-0.2, 0) is 0 Å². The fraction of sp³-hybridized carbons (Fsp3) is 0.227. The molecule has 0 saturated carbocycles. The third-order valence-electron chi connectivity index (χ3n) is 5.07. The minimum atomic E-state index is -0.214. The molecule has 1 aliphatic heterocycles. The van der Waals surface area contributed by atoms with Crippen LogP contribution < -0.4 is 14.7 Å². The summed E-state index contributed by atoms with van der Waals surface area (Å²) in [5.74, 6) is 0.115. The van der Waals surface area contributed by atoms with E-state index in [1.165, 1.54) is 6.07 Å². The number of hydrogen-bond acceptors (Lipinski definition) is 5. The van der Waals surface area contributed by atoms with Gasteiger partial charge >= 0.3 is 0 Å². The number of aromatic nitrogens is 2. The van der Waals surface area contributed by atoms with E-state index in [1.807, 2.05) is 46.2 Å². The Morgan fingerprint density at radius 1 is 0.931 bits per heavy atom. The van der Waals surface area contributed by atoms with Gasteiger partial charge in [0.15, 0.2) is 0 Å². The van der Waals surface area contributed by atoms with Crippen molar-refractivity contribution in [3.8, 4) is 0 Å². The summed E-state index contributed by atoms with van der Waals surface area (Å²) in [7, 11) is 1.73. The first-order valence-electron chi connectivity index (χ1n) is 9.54. The van der Waals surface area contributed by atoms with Crippen LogP contribution in [0.15, 0.2) is 66.9 Å². The van der Waals surface area contributed by atoms with Gasteiger partial charge < -0.3 is 14.7 Å². The molecule has 1 amide bonds. The second-order valence-corrected chi connectivity index (χ2v) is 6.87. The Hall–Kier alpha value is -3.48. The molecule has 1 aliphatic rings. The largest absolute Gasteiger partial charge is 0.366 e. The fourth-order valence-corrected chi connectivity index (χ4v) is 3.42. The second kappa shape index (κ2) is 8.26. The van der Waals surface area contributed by atoms with Crippen molar-refractivity contribution in [3.63, 3.8) is 0 Å². The van der Waals surface area contributed by atoms with Crippen LogP contribution in [0.25, 0.3) is 0 Å². The van der Waals surface area contributed by atoms with E-state index in [0.717, 1.165) is 5.69 Å². The van der Waals surface area contributed by atoms with Crippen molar-refractivity contribution >= 4 is 23.2 Å². The summed E-state index contributed by atoms with van der Waals surface area (Å²) in [6.07, 6.45) is 1.61. The first kappa shape index (κ1) is 18.9. The van der Waals surface area contributed by atoms with Gasteiger partial charge in [0.1, 0.15) is 11.5 Å². The van der Waals surface area contributed by atoms with Gasteiger partial charge in [-0.1, -0.05) is 30.3 Å². The van der Waals surface area contributed by atoms with Gasteiger partial charge in [0.05, 0.1) is 5.69 Å². The predicted octanol–water partition coefficient (Wildman–Crippen LogP) is 3.22. The number of rotatable bonds is 4. The zero-order chi connectivity index (χ0) is 20.2. The van der Waals surface area contributed by atoms with Crippen LogP contribution >= 0.6 is 0 Å². The standard InChI is InChI=1S/C22H22FN5O/c1-26(17-7-3-2-4-8-17)21(29)19-11-12-24-22(25-19)28-15-13-27(14-16-28)20-10-6-5-9-18(20)23/h2-12H,13-16H2,1H3. The van der Waals surface area contributed by atoms with Crippen molar-refractivity contribution in [2.45, 2.75) is 0 Å². The van der Waals surface area contributed by atoms with Crippen molar-refractivity contribution in [1.82, 2.24) is 9.97 Å². The number of para-hydroxylation sites is 2. The second-order valence-electron chi connectivity index (χ2n) is 6.87. The van der Waals surface area contributed by atoms with Crippen LogP contribution in [0.5, 0.6) is 0 Å². The molecule has 0 spiro atoms. The normalized spacial score (nSPS) is 14.0. The molecule has 0 unspecified atom stereocenters. The average molecular weight is 391 g/mol. The highest BCUT2D eigenvalue weighted by Crippen LogP contribution is 2.22. The molecule has 0 bridgehead atoms. The number of hydrogen-bond donors (Lipinski definition) is 0. The van der Waals surface area contributed by atoms with E-state index in [-0.39, 0.29) is 11.7 Å². The fourth-order valence-electron chi connectivity index (χ4n) is 3.42. The Labute approximate surface area is 169 Å². The first-order valence-corrected chi connectivity index (χ1v) is 9.54. The molecule has 6 nitrogen and oxygen atoms in total. The lowest BCUT2D eigenvalue weighted by Gasteiger charge is -2.36. The Balaban J connectivity index is 1.46. The summed E-state index contributed by atoms with van der Waals surface area (Å²) in [6.45, 7) is 2.62. The minimum absolute atomic E-state index is 0.190. The summed E-state index contributed by atoms with van der Waals surface area (Å²) in [5, 5.41) is 0. The summed E-state index contributed by atoms with van der Waals surface area (Å²) in [4.78, 5) is 27.3. The molecule has 0 N–H and O–H groups in total. The molecule has 1 fully saturated rings. The molecule has 3 aromatic rings. The first-order chi connectivity index (χ1) is 14.1. The Kier molecular flexibility index (Phi) is 5.37. The lowest BCUT2D eigenvalue weighted by Crippen LogP contribution is -2.47. The number of amides is 1. The Morgan fingerprint density at radius 2 is 1.59 bits per heavy atom. The van der Waals surface area contributed by atoms with Gasteiger partial charge in [0.2, 0.25) is 5.95 Å². The minimum Gasteiger partial charge on any atom is -0.366 e. The lowest BCUT2D eigenvalue weighted by atomic mass is 10.2. The zero-order valence-corrected chi connectivity index (χ0v) is 16.2. The third kappa shape index (κ3) is 4.03. The molecule has 0 atom stereocenters. The van der Waals surface area contributed by atoms with Crippen LogP contribution in [0, 0.1) is 5.82 Å². The van der Waals surface area contributed by atoms with Gasteiger partial charge in [0, 0.05) is 45.1 Å². The van der Waals surface area contributed by atoms with Crippen molar-refractivity contribution < 1.29 is 9.18 Å². The van der Waals surface area contributed by atoms with Crippen molar-refractivity contribution in [3.05, 3.63) is 78.4 Å². The van der Waals surface area contributed by atoms with E-state index < -0.39 is 0 Å². The number of carbonyl (C=O) groups is 1. The molecule has 29 heavy (non-hydrogen) atoms. The van der Waals surface area contributed by atoms with Gasteiger partial charge in [-0.25, -0.2) is 14.4 Å². The highest BCUT2D eigenvalue weighted by Gasteiger charge is 2.22. The maximum atomic E-state index is 14.0. The topological polar surface area (TPSA) is 52.6 Å². The lowest BCUT2D eigenvalue weighted by molar-refractivity contribution is 0.0988. The van der Waals surface area contributed by atoms with Crippen LogP contribution in [-0.4, -0.2) is 49.1 Å². The Bertz CT molecular complexity index is 989. The van der Waals surface area contributed by atoms with E-state index in [2.05, 4.69) is 9.97 Å². The predicted molar refractivity (Wildman–Crippen MR) is 112 cm³/mol. The summed E-state index contributed by atoms with van der Waals surface area (Å²) in [5.41, 5.74) is 1.76. The molecule has 4 rings (SSSR count). The van der Waals surface area contributed by atoms with Crippen molar-refractivity contribution in [2.24, 2.45) is 0 Å². The van der Waals surface area contributed by atoms with Crippen molar-refractivity contribution in [2.75, 3.05) is 47.9 Å². The quantitative estimate of drug-likeness (QED) is 0.684. The van der Waals surface area contributed by atoms with E-state index >= 15 is 0 Å². The Morgan fingerprint density at radius 3 is 2.31 bits per heavy atom. The highest BCUT2D eigenvalue weighted by atomic mass is 19.1. The van der Waals surface area contributed by atoms with Gasteiger partial charge in [0.25, 0.3) is 5.91 Å². The number of benzene rings is 2. The monoisotopic (exact) mass is 391 g/mol. The van der Waals surface area contributed by atoms with E-state index in [1.54, 1.807) is 36.3 Å². The molecule has 1 aromatic heterocycles. The van der Waals surface area contributed by atoms with Gasteiger partial charge in [-0.2, -0.15) is 0 Å². The molecule has 2 heterocycles. The maximum absolute atomic E-state index is 14.0. The van der Waals surface area contributed by atoms with Gasteiger partial charge in [-0.05, 0) is 30.3 Å². The number of nitrogens with zero attached hydrogens (tertiary/aromatic N) is 5. The molecule has 1 saturated heterocycles. The number of piperazine rings is 1. The molecule has 0 aliphatic carbocycles. The summed E-state index contributed by atoms with van der Waals surface area (Å²) >= 11 is 0. The molecule has 7 heteroatoms. The van der Waals surface area contributed by atoms with Crippen LogP contribution in [0.1, 0.15) is 10.5 Å². The van der Waals surface area contributed by atoms with E-state index in [4.69, 9.17) is 0 Å². The molecule has 2 aromatic carbocycles. The van der Waals surface area contributed by atoms with Crippen LogP contribution in [0.4, 0.5) is 21.7 Å². The van der Waals surface area contributed by atoms with Gasteiger partial charge in [-0.3, -0.25) is 4.79 Å². The third-order valence-corrected chi connectivity index (χ3v) is 5.07. The SMILES string of the molecule is CN(C(=O)c1ccnc(N2CCN(c3ccccc3F)CC2)n1)c1ccccc1. The molecule has 148 valence electrons. The molecule has 0 radical (unpaired) electrons. The highest BCUT2D eigenvalue weighted by molar-refractivity contribution is 6.04. The molecular formula is C22H22FN5O.